The fraction of sp³-hybridized carbons (Fsp3) is 0.500. The van der Waals surface area contributed by atoms with Crippen molar-refractivity contribution in [3.8, 4) is 5.75 Å². The summed E-state index contributed by atoms with van der Waals surface area (Å²) < 4.78 is 0. The van der Waals surface area contributed by atoms with E-state index in [1.165, 1.54) is 0 Å². The van der Waals surface area contributed by atoms with Gasteiger partial charge in [-0.15, -0.1) is 11.6 Å². The summed E-state index contributed by atoms with van der Waals surface area (Å²) in [7, 11) is 0. The molecule has 0 bridgehead atoms. The smallest absolute Gasteiger partial charge is 0.257 e. The maximum Gasteiger partial charge on any atom is 0.257 e. The fourth-order valence-electron chi connectivity index (χ4n) is 2.41. The van der Waals surface area contributed by atoms with Crippen LogP contribution in [0.3, 0.4) is 0 Å². The van der Waals surface area contributed by atoms with E-state index >= 15 is 0 Å². The van der Waals surface area contributed by atoms with Gasteiger partial charge in [-0.2, -0.15) is 0 Å². The fourth-order valence-corrected chi connectivity index (χ4v) is 2.74. The largest absolute Gasteiger partial charge is 0.507 e. The summed E-state index contributed by atoms with van der Waals surface area (Å²) in [5, 5.41) is 9.76. The van der Waals surface area contributed by atoms with Gasteiger partial charge in [0.05, 0.1) is 5.56 Å². The van der Waals surface area contributed by atoms with Crippen molar-refractivity contribution in [2.75, 3.05) is 12.4 Å². The molecule has 1 aliphatic rings. The summed E-state index contributed by atoms with van der Waals surface area (Å²) in [4.78, 5) is 14.3. The lowest BCUT2D eigenvalue weighted by Crippen LogP contribution is -2.41. The number of alkyl halides is 1. The van der Waals surface area contributed by atoms with E-state index in [0.29, 0.717) is 11.4 Å². The molecule has 0 radical (unpaired) electrons. The van der Waals surface area contributed by atoms with Gasteiger partial charge in [0.2, 0.25) is 0 Å². The van der Waals surface area contributed by atoms with Crippen LogP contribution in [0.5, 0.6) is 5.75 Å². The van der Waals surface area contributed by atoms with Crippen LogP contribution in [0.1, 0.15) is 36.0 Å². The summed E-state index contributed by atoms with van der Waals surface area (Å²) in [6, 6.07) is 6.77. The van der Waals surface area contributed by atoms with Crippen LogP contribution in [0.4, 0.5) is 0 Å². The summed E-state index contributed by atoms with van der Waals surface area (Å²) >= 11 is 5.96. The third kappa shape index (κ3) is 2.78. The van der Waals surface area contributed by atoms with Crippen LogP contribution in [-0.2, 0) is 0 Å². The second-order valence-electron chi connectivity index (χ2n) is 4.67. The lowest BCUT2D eigenvalue weighted by Gasteiger charge is -2.28. The SMILES string of the molecule is O=C(c1ccccc1O)N1CCCCCC1CCl. The van der Waals surface area contributed by atoms with E-state index in [1.807, 2.05) is 4.90 Å². The number of phenolic OH excluding ortho intramolecular Hbond substituents is 1. The maximum atomic E-state index is 12.4. The van der Waals surface area contributed by atoms with Crippen LogP contribution in [0.2, 0.25) is 0 Å². The molecule has 1 aromatic rings. The second-order valence-corrected chi connectivity index (χ2v) is 4.98. The van der Waals surface area contributed by atoms with Crippen molar-refractivity contribution >= 4 is 17.5 Å². The zero-order chi connectivity index (χ0) is 13.0. The molecule has 1 heterocycles. The van der Waals surface area contributed by atoms with Crippen LogP contribution in [0.15, 0.2) is 24.3 Å². The maximum absolute atomic E-state index is 12.4. The van der Waals surface area contributed by atoms with E-state index in [0.717, 1.165) is 32.2 Å². The highest BCUT2D eigenvalue weighted by Gasteiger charge is 2.26. The van der Waals surface area contributed by atoms with Gasteiger partial charge in [-0.05, 0) is 25.0 Å². The number of likely N-dealkylation sites (tertiary alicyclic amines) is 1. The van der Waals surface area contributed by atoms with Crippen LogP contribution in [-0.4, -0.2) is 34.4 Å². The quantitative estimate of drug-likeness (QED) is 0.837. The number of nitrogens with zero attached hydrogens (tertiary/aromatic N) is 1. The van der Waals surface area contributed by atoms with Gasteiger partial charge >= 0.3 is 0 Å². The number of amides is 1. The zero-order valence-corrected chi connectivity index (χ0v) is 11.1. The molecule has 18 heavy (non-hydrogen) atoms. The second kappa shape index (κ2) is 6.10. The average Bonchev–Trinajstić information content (AvgIpc) is 2.63. The van der Waals surface area contributed by atoms with Crippen molar-refractivity contribution in [2.24, 2.45) is 0 Å². The minimum Gasteiger partial charge on any atom is -0.507 e. The van der Waals surface area contributed by atoms with E-state index in [1.54, 1.807) is 24.3 Å². The predicted molar refractivity (Wildman–Crippen MR) is 72.1 cm³/mol. The first-order valence-corrected chi connectivity index (χ1v) is 6.92. The number of benzene rings is 1. The van der Waals surface area contributed by atoms with Crippen molar-refractivity contribution < 1.29 is 9.90 Å². The van der Waals surface area contributed by atoms with E-state index in [9.17, 15) is 9.90 Å². The zero-order valence-electron chi connectivity index (χ0n) is 10.3. The van der Waals surface area contributed by atoms with E-state index < -0.39 is 0 Å². The average molecular weight is 268 g/mol. The van der Waals surface area contributed by atoms with Crippen LogP contribution in [0, 0.1) is 0 Å². The Bertz CT molecular complexity index is 422. The Morgan fingerprint density at radius 2 is 2.11 bits per heavy atom. The van der Waals surface area contributed by atoms with Gasteiger partial charge in [0.25, 0.3) is 5.91 Å². The first kappa shape index (κ1) is 13.2. The molecule has 0 aliphatic carbocycles. The first-order chi connectivity index (χ1) is 8.74. The lowest BCUT2D eigenvalue weighted by molar-refractivity contribution is 0.0697. The Hall–Kier alpha value is -1.22. The Morgan fingerprint density at radius 3 is 2.83 bits per heavy atom. The third-order valence-corrected chi connectivity index (χ3v) is 3.81. The first-order valence-electron chi connectivity index (χ1n) is 6.39. The third-order valence-electron chi connectivity index (χ3n) is 3.45. The molecule has 4 heteroatoms. The summed E-state index contributed by atoms with van der Waals surface area (Å²) in [5.41, 5.74) is 0.370. The number of hydrogen-bond donors (Lipinski definition) is 1. The Labute approximate surface area is 112 Å². The van der Waals surface area contributed by atoms with Crippen molar-refractivity contribution in [3.63, 3.8) is 0 Å². The van der Waals surface area contributed by atoms with Crippen molar-refractivity contribution in [3.05, 3.63) is 29.8 Å². The van der Waals surface area contributed by atoms with Gasteiger partial charge in [-0.1, -0.05) is 25.0 Å². The minimum atomic E-state index is -0.111. The van der Waals surface area contributed by atoms with Gasteiger partial charge in [0.15, 0.2) is 0 Å². The van der Waals surface area contributed by atoms with Gasteiger partial charge in [0, 0.05) is 18.5 Å². The lowest BCUT2D eigenvalue weighted by atomic mass is 10.1. The summed E-state index contributed by atoms with van der Waals surface area (Å²) in [6.07, 6.45) is 4.20. The van der Waals surface area contributed by atoms with Crippen molar-refractivity contribution in [1.82, 2.24) is 4.90 Å². The highest BCUT2D eigenvalue weighted by atomic mass is 35.5. The van der Waals surface area contributed by atoms with Crippen molar-refractivity contribution in [2.45, 2.75) is 31.7 Å². The van der Waals surface area contributed by atoms with E-state index in [-0.39, 0.29) is 17.7 Å². The number of aromatic hydroxyl groups is 1. The van der Waals surface area contributed by atoms with Crippen molar-refractivity contribution in [1.29, 1.82) is 0 Å². The molecular formula is C14H18ClNO2. The van der Waals surface area contributed by atoms with Crippen LogP contribution in [0.25, 0.3) is 0 Å². The molecule has 1 aromatic carbocycles. The Morgan fingerprint density at radius 1 is 1.33 bits per heavy atom. The van der Waals surface area contributed by atoms with Gasteiger partial charge < -0.3 is 10.0 Å². The van der Waals surface area contributed by atoms with Gasteiger partial charge in [0.1, 0.15) is 5.75 Å². The number of halogens is 1. The molecule has 1 amide bonds. The molecule has 2 rings (SSSR count). The molecule has 0 saturated carbocycles. The minimum absolute atomic E-state index is 0.0417. The Kier molecular flexibility index (Phi) is 4.48. The molecule has 1 aliphatic heterocycles. The molecule has 98 valence electrons. The highest BCUT2D eigenvalue weighted by molar-refractivity contribution is 6.18. The summed E-state index contributed by atoms with van der Waals surface area (Å²) in [5.74, 6) is 0.389. The van der Waals surface area contributed by atoms with E-state index in [2.05, 4.69) is 0 Å². The number of hydrogen-bond acceptors (Lipinski definition) is 2. The predicted octanol–water partition coefficient (Wildman–Crippen LogP) is 3.02. The highest BCUT2D eigenvalue weighted by Crippen LogP contribution is 2.23. The molecule has 0 spiro atoms. The van der Waals surface area contributed by atoms with Gasteiger partial charge in [-0.3, -0.25) is 4.79 Å². The summed E-state index contributed by atoms with van der Waals surface area (Å²) in [6.45, 7) is 0.727. The molecule has 1 saturated heterocycles. The molecule has 1 atom stereocenters. The molecular weight excluding hydrogens is 250 g/mol. The molecule has 0 aromatic heterocycles. The molecule has 1 unspecified atom stereocenters. The normalized spacial score (nSPS) is 20.5. The van der Waals surface area contributed by atoms with Crippen LogP contribution < -0.4 is 0 Å². The number of para-hydroxylation sites is 1. The number of rotatable bonds is 2. The molecule has 1 N–H and O–H groups in total. The Balaban J connectivity index is 2.23. The van der Waals surface area contributed by atoms with E-state index in [4.69, 9.17) is 11.6 Å². The standard InChI is InChI=1S/C14H18ClNO2/c15-10-11-6-2-1-5-9-16(11)14(18)12-7-3-4-8-13(12)17/h3-4,7-8,11,17H,1-2,5-6,9-10H2. The van der Waals surface area contributed by atoms with Crippen LogP contribution >= 0.6 is 11.6 Å². The molecule has 1 fully saturated rings. The number of carbonyl (C=O) groups excluding carboxylic acids is 1. The molecule has 3 nitrogen and oxygen atoms in total. The van der Waals surface area contributed by atoms with Gasteiger partial charge in [-0.25, -0.2) is 0 Å². The number of phenols is 1. The number of carbonyl (C=O) groups is 1. The topological polar surface area (TPSA) is 40.5 Å². The monoisotopic (exact) mass is 267 g/mol.